The molecule has 2 heterocycles. The lowest BCUT2D eigenvalue weighted by atomic mass is 9.73. The molecule has 1 aromatic carbocycles. The van der Waals surface area contributed by atoms with Gasteiger partial charge in [0.1, 0.15) is 5.75 Å². The zero-order chi connectivity index (χ0) is 16.8. The highest BCUT2D eigenvalue weighted by Crippen LogP contribution is 2.40. The molecule has 0 aliphatic carbocycles. The molecule has 1 N–H and O–H groups in total. The van der Waals surface area contributed by atoms with Crippen molar-refractivity contribution in [3.8, 4) is 5.75 Å². The van der Waals surface area contributed by atoms with Gasteiger partial charge in [0.2, 0.25) is 0 Å². The fraction of sp³-hybridized carbons (Fsp3) is 0.600. The van der Waals surface area contributed by atoms with Crippen molar-refractivity contribution < 1.29 is 14.2 Å². The van der Waals surface area contributed by atoms with Crippen molar-refractivity contribution in [2.45, 2.75) is 31.6 Å². The van der Waals surface area contributed by atoms with Crippen LogP contribution >= 0.6 is 0 Å². The van der Waals surface area contributed by atoms with E-state index in [2.05, 4.69) is 36.5 Å². The summed E-state index contributed by atoms with van der Waals surface area (Å²) in [4.78, 5) is 0. The number of rotatable bonds is 6. The van der Waals surface area contributed by atoms with E-state index in [4.69, 9.17) is 14.2 Å². The number of aryl methyl sites for hydroxylation is 1. The molecular formula is C20H29NO3. The summed E-state index contributed by atoms with van der Waals surface area (Å²) in [7, 11) is 1.76. The van der Waals surface area contributed by atoms with Crippen molar-refractivity contribution in [3.63, 3.8) is 0 Å². The fourth-order valence-corrected chi connectivity index (χ4v) is 3.73. The second-order valence-corrected chi connectivity index (χ2v) is 6.90. The van der Waals surface area contributed by atoms with Gasteiger partial charge in [-0.15, -0.1) is 0 Å². The van der Waals surface area contributed by atoms with Gasteiger partial charge in [0.15, 0.2) is 0 Å². The largest absolute Gasteiger partial charge is 0.496 e. The van der Waals surface area contributed by atoms with Crippen molar-refractivity contribution in [2.24, 2.45) is 0 Å². The lowest BCUT2D eigenvalue weighted by Crippen LogP contribution is -2.43. The third kappa shape index (κ3) is 4.00. The maximum Gasteiger partial charge on any atom is 0.122 e. The maximum absolute atomic E-state index is 5.67. The minimum Gasteiger partial charge on any atom is -0.496 e. The van der Waals surface area contributed by atoms with Crippen molar-refractivity contribution in [1.29, 1.82) is 0 Å². The third-order valence-corrected chi connectivity index (χ3v) is 5.17. The van der Waals surface area contributed by atoms with E-state index in [1.807, 2.05) is 0 Å². The molecule has 0 bridgehead atoms. The molecule has 132 valence electrons. The van der Waals surface area contributed by atoms with Crippen LogP contribution in [0.1, 0.15) is 30.4 Å². The van der Waals surface area contributed by atoms with E-state index >= 15 is 0 Å². The number of ether oxygens (including phenoxy) is 3. The van der Waals surface area contributed by atoms with Crippen LogP contribution in [0, 0.1) is 6.92 Å². The predicted octanol–water partition coefficient (Wildman–Crippen LogP) is 2.99. The van der Waals surface area contributed by atoms with E-state index in [0.29, 0.717) is 0 Å². The first kappa shape index (κ1) is 17.5. The summed E-state index contributed by atoms with van der Waals surface area (Å²) in [6.07, 6.45) is 5.38. The molecule has 0 unspecified atom stereocenters. The molecular weight excluding hydrogens is 302 g/mol. The number of hydrogen-bond acceptors (Lipinski definition) is 4. The number of hydrogen-bond donors (Lipinski definition) is 1. The van der Waals surface area contributed by atoms with Crippen LogP contribution in [0.2, 0.25) is 0 Å². The van der Waals surface area contributed by atoms with Gasteiger partial charge in [0.25, 0.3) is 0 Å². The van der Waals surface area contributed by atoms with Crippen LogP contribution in [0.25, 0.3) is 0 Å². The molecule has 1 aromatic rings. The Balaban J connectivity index is 1.77. The van der Waals surface area contributed by atoms with Gasteiger partial charge >= 0.3 is 0 Å². The lowest BCUT2D eigenvalue weighted by Gasteiger charge is -2.39. The third-order valence-electron chi connectivity index (χ3n) is 5.17. The molecule has 0 radical (unpaired) electrons. The predicted molar refractivity (Wildman–Crippen MR) is 95.9 cm³/mol. The van der Waals surface area contributed by atoms with E-state index in [9.17, 15) is 0 Å². The topological polar surface area (TPSA) is 39.7 Å². The highest BCUT2D eigenvalue weighted by molar-refractivity contribution is 5.43. The summed E-state index contributed by atoms with van der Waals surface area (Å²) < 4.78 is 16.9. The first-order valence-electron chi connectivity index (χ1n) is 8.93. The zero-order valence-electron chi connectivity index (χ0n) is 14.9. The van der Waals surface area contributed by atoms with Gasteiger partial charge in [-0.05, 0) is 37.8 Å². The Labute approximate surface area is 145 Å². The van der Waals surface area contributed by atoms with E-state index in [1.54, 1.807) is 7.11 Å². The highest BCUT2D eigenvalue weighted by Gasteiger charge is 2.36. The van der Waals surface area contributed by atoms with E-state index in [-0.39, 0.29) is 5.41 Å². The van der Waals surface area contributed by atoms with Crippen LogP contribution in [-0.4, -0.2) is 46.6 Å². The van der Waals surface area contributed by atoms with Crippen LogP contribution in [-0.2, 0) is 14.9 Å². The SMILES string of the molecule is COc1ccc(C)cc1C1(CNCC2=CCCOC2)CCOCC1. The average molecular weight is 331 g/mol. The second kappa shape index (κ2) is 8.15. The zero-order valence-corrected chi connectivity index (χ0v) is 14.9. The Morgan fingerprint density at radius 2 is 2.00 bits per heavy atom. The highest BCUT2D eigenvalue weighted by atomic mass is 16.5. The van der Waals surface area contributed by atoms with Crippen LogP contribution in [0.5, 0.6) is 5.75 Å². The quantitative estimate of drug-likeness (QED) is 0.814. The van der Waals surface area contributed by atoms with Crippen molar-refractivity contribution in [3.05, 3.63) is 41.0 Å². The number of benzene rings is 1. The van der Waals surface area contributed by atoms with Crippen LogP contribution in [0.15, 0.2) is 29.8 Å². The molecule has 4 heteroatoms. The molecule has 0 saturated carbocycles. The fourth-order valence-electron chi connectivity index (χ4n) is 3.73. The van der Waals surface area contributed by atoms with Gasteiger partial charge in [0, 0.05) is 37.3 Å². The summed E-state index contributed by atoms with van der Waals surface area (Å²) in [5, 5.41) is 3.68. The maximum atomic E-state index is 5.67. The second-order valence-electron chi connectivity index (χ2n) is 6.90. The molecule has 4 nitrogen and oxygen atoms in total. The minimum atomic E-state index is 0.0751. The van der Waals surface area contributed by atoms with Gasteiger partial charge < -0.3 is 19.5 Å². The lowest BCUT2D eigenvalue weighted by molar-refractivity contribution is 0.0491. The molecule has 1 saturated heterocycles. The normalized spacial score (nSPS) is 20.5. The van der Waals surface area contributed by atoms with Crippen LogP contribution in [0.4, 0.5) is 0 Å². The Morgan fingerprint density at radius 3 is 2.71 bits per heavy atom. The number of methoxy groups -OCH3 is 1. The Hall–Kier alpha value is -1.36. The average Bonchev–Trinajstić information content (AvgIpc) is 2.63. The number of nitrogens with one attached hydrogen (secondary N) is 1. The molecule has 1 fully saturated rings. The molecule has 0 spiro atoms. The molecule has 2 aliphatic rings. The smallest absolute Gasteiger partial charge is 0.122 e. The summed E-state index contributed by atoms with van der Waals surface area (Å²) in [5.41, 5.74) is 4.03. The van der Waals surface area contributed by atoms with Gasteiger partial charge in [-0.25, -0.2) is 0 Å². The van der Waals surface area contributed by atoms with E-state index < -0.39 is 0 Å². The van der Waals surface area contributed by atoms with E-state index in [1.165, 1.54) is 16.7 Å². The van der Waals surface area contributed by atoms with E-state index in [0.717, 1.165) is 64.5 Å². The Kier molecular flexibility index (Phi) is 5.93. The molecule has 24 heavy (non-hydrogen) atoms. The Bertz CT molecular complexity index is 576. The molecule has 0 atom stereocenters. The van der Waals surface area contributed by atoms with Crippen molar-refractivity contribution in [1.82, 2.24) is 5.32 Å². The minimum absolute atomic E-state index is 0.0751. The molecule has 2 aliphatic heterocycles. The summed E-state index contributed by atoms with van der Waals surface area (Å²) in [6.45, 7) is 7.22. The summed E-state index contributed by atoms with van der Waals surface area (Å²) >= 11 is 0. The summed E-state index contributed by atoms with van der Waals surface area (Å²) in [5.74, 6) is 0.990. The van der Waals surface area contributed by atoms with Gasteiger partial charge in [0.05, 0.1) is 20.3 Å². The standard InChI is InChI=1S/C20H29NO3/c1-16-5-6-19(22-2)18(12-16)20(7-10-23-11-8-20)15-21-13-17-4-3-9-24-14-17/h4-6,12,21H,3,7-11,13-15H2,1-2H3. The van der Waals surface area contributed by atoms with Crippen LogP contribution < -0.4 is 10.1 Å². The molecule has 3 rings (SSSR count). The van der Waals surface area contributed by atoms with Crippen molar-refractivity contribution >= 4 is 0 Å². The molecule has 0 aromatic heterocycles. The monoisotopic (exact) mass is 331 g/mol. The molecule has 0 amide bonds. The van der Waals surface area contributed by atoms with Gasteiger partial charge in [-0.1, -0.05) is 23.8 Å². The van der Waals surface area contributed by atoms with Gasteiger partial charge in [-0.2, -0.15) is 0 Å². The van der Waals surface area contributed by atoms with Crippen LogP contribution in [0.3, 0.4) is 0 Å². The van der Waals surface area contributed by atoms with Crippen molar-refractivity contribution in [2.75, 3.05) is 46.6 Å². The first-order chi connectivity index (χ1) is 11.7. The van der Waals surface area contributed by atoms with Gasteiger partial charge in [-0.3, -0.25) is 0 Å². The summed E-state index contributed by atoms with van der Waals surface area (Å²) in [6, 6.07) is 6.50. The first-order valence-corrected chi connectivity index (χ1v) is 8.93. The Morgan fingerprint density at radius 1 is 1.17 bits per heavy atom.